The number of nitrogens with zero attached hydrogens (tertiary/aromatic N) is 1. The molecule has 1 atom stereocenters. The van der Waals surface area contributed by atoms with Gasteiger partial charge in [0.05, 0.1) is 18.7 Å². The summed E-state index contributed by atoms with van der Waals surface area (Å²) in [6.07, 6.45) is 4.02. The summed E-state index contributed by atoms with van der Waals surface area (Å²) in [5, 5.41) is 12.2. The fourth-order valence-corrected chi connectivity index (χ4v) is 1.87. The second kappa shape index (κ2) is 9.41. The lowest BCUT2D eigenvalue weighted by Crippen LogP contribution is -2.29. The third-order valence-corrected chi connectivity index (χ3v) is 2.93. The maximum absolute atomic E-state index is 8.98. The van der Waals surface area contributed by atoms with E-state index in [4.69, 9.17) is 10.00 Å². The molecule has 1 rings (SSSR count). The van der Waals surface area contributed by atoms with Crippen LogP contribution >= 0.6 is 0 Å². The quantitative estimate of drug-likeness (QED) is 0.741. The van der Waals surface area contributed by atoms with Gasteiger partial charge in [-0.25, -0.2) is 0 Å². The first kappa shape index (κ1) is 15.5. The largest absolute Gasteiger partial charge is 0.493 e. The molecule has 0 aromatic heterocycles. The van der Waals surface area contributed by atoms with Gasteiger partial charge >= 0.3 is 0 Å². The number of nitrogens with one attached hydrogen (secondary N) is 1. The first-order valence-corrected chi connectivity index (χ1v) is 7.14. The van der Waals surface area contributed by atoms with Crippen LogP contribution in [-0.4, -0.2) is 19.2 Å². The summed E-state index contributed by atoms with van der Waals surface area (Å²) in [6, 6.07) is 10.4. The van der Waals surface area contributed by atoms with Crippen LogP contribution < -0.4 is 10.1 Å². The number of ether oxygens (including phenoxy) is 1. The van der Waals surface area contributed by atoms with Gasteiger partial charge in [-0.1, -0.05) is 32.4 Å². The lowest BCUT2D eigenvalue weighted by atomic mass is 10.1. The van der Waals surface area contributed by atoms with Gasteiger partial charge in [-0.15, -0.1) is 0 Å². The second-order valence-corrected chi connectivity index (χ2v) is 4.67. The summed E-state index contributed by atoms with van der Waals surface area (Å²) in [4.78, 5) is 0. The van der Waals surface area contributed by atoms with Crippen LogP contribution in [0.25, 0.3) is 0 Å². The van der Waals surface area contributed by atoms with Gasteiger partial charge in [-0.05, 0) is 37.1 Å². The topological polar surface area (TPSA) is 45.0 Å². The van der Waals surface area contributed by atoms with Gasteiger partial charge in [0.1, 0.15) is 5.75 Å². The van der Waals surface area contributed by atoms with Gasteiger partial charge in [-0.2, -0.15) is 5.26 Å². The van der Waals surface area contributed by atoms with Crippen molar-refractivity contribution in [2.45, 2.75) is 45.6 Å². The number of aryl methyl sites for hydroxylation is 1. The molecular weight excluding hydrogens is 236 g/mol. The molecule has 0 spiro atoms. The Labute approximate surface area is 116 Å². The number of rotatable bonds is 9. The molecule has 0 aliphatic heterocycles. The molecule has 0 saturated heterocycles. The normalized spacial score (nSPS) is 11.8. The van der Waals surface area contributed by atoms with E-state index in [9.17, 15) is 0 Å². The van der Waals surface area contributed by atoms with Gasteiger partial charge in [-0.3, -0.25) is 0 Å². The van der Waals surface area contributed by atoms with Gasteiger partial charge in [0.2, 0.25) is 0 Å². The van der Waals surface area contributed by atoms with E-state index in [2.05, 4.69) is 37.4 Å². The van der Waals surface area contributed by atoms with Crippen LogP contribution in [0.1, 0.15) is 38.7 Å². The van der Waals surface area contributed by atoms with E-state index in [0.717, 1.165) is 31.6 Å². The molecule has 1 unspecified atom stereocenters. The Hall–Kier alpha value is -1.53. The van der Waals surface area contributed by atoms with Crippen molar-refractivity contribution in [3.05, 3.63) is 29.8 Å². The first-order chi connectivity index (χ1) is 9.30. The minimum absolute atomic E-state index is 0.112. The van der Waals surface area contributed by atoms with Gasteiger partial charge < -0.3 is 10.1 Å². The van der Waals surface area contributed by atoms with Crippen LogP contribution in [0.5, 0.6) is 5.75 Å². The number of benzene rings is 1. The Morgan fingerprint density at radius 2 is 1.95 bits per heavy atom. The summed E-state index contributed by atoms with van der Waals surface area (Å²) < 4.78 is 5.66. The zero-order valence-electron chi connectivity index (χ0n) is 12.0. The smallest absolute Gasteiger partial charge is 0.119 e. The van der Waals surface area contributed by atoms with Crippen LogP contribution in [0.2, 0.25) is 0 Å². The number of hydrogen-bond acceptors (Lipinski definition) is 3. The zero-order valence-corrected chi connectivity index (χ0v) is 12.0. The van der Waals surface area contributed by atoms with Crippen molar-refractivity contribution in [3.8, 4) is 11.8 Å². The summed E-state index contributed by atoms with van der Waals surface area (Å²) in [6.45, 7) is 5.72. The highest BCUT2D eigenvalue weighted by molar-refractivity contribution is 5.27. The molecule has 3 heteroatoms. The minimum atomic E-state index is -0.112. The molecule has 0 heterocycles. The van der Waals surface area contributed by atoms with Crippen molar-refractivity contribution < 1.29 is 4.74 Å². The van der Waals surface area contributed by atoms with Crippen molar-refractivity contribution in [2.24, 2.45) is 0 Å². The predicted molar refractivity (Wildman–Crippen MR) is 78.2 cm³/mol. The second-order valence-electron chi connectivity index (χ2n) is 4.67. The molecule has 3 nitrogen and oxygen atoms in total. The highest BCUT2D eigenvalue weighted by atomic mass is 16.5. The van der Waals surface area contributed by atoms with Crippen LogP contribution in [-0.2, 0) is 6.42 Å². The Bertz CT molecular complexity index is 381. The maximum atomic E-state index is 8.98. The van der Waals surface area contributed by atoms with Gasteiger partial charge in [0, 0.05) is 6.42 Å². The highest BCUT2D eigenvalue weighted by Crippen LogP contribution is 2.13. The van der Waals surface area contributed by atoms with Gasteiger partial charge in [0.15, 0.2) is 0 Å². The van der Waals surface area contributed by atoms with E-state index in [1.165, 1.54) is 5.56 Å². The van der Waals surface area contributed by atoms with E-state index in [0.29, 0.717) is 13.0 Å². The molecule has 0 amide bonds. The van der Waals surface area contributed by atoms with Crippen LogP contribution in [0.15, 0.2) is 24.3 Å². The molecular formula is C16H24N2O. The summed E-state index contributed by atoms with van der Waals surface area (Å²) in [5.41, 5.74) is 1.34. The molecule has 19 heavy (non-hydrogen) atoms. The monoisotopic (exact) mass is 260 g/mol. The van der Waals surface area contributed by atoms with E-state index in [1.54, 1.807) is 0 Å². The molecule has 0 bridgehead atoms. The average molecular weight is 260 g/mol. The van der Waals surface area contributed by atoms with E-state index in [1.807, 2.05) is 12.1 Å². The van der Waals surface area contributed by atoms with E-state index < -0.39 is 0 Å². The molecule has 0 fully saturated rings. The molecule has 0 radical (unpaired) electrons. The van der Waals surface area contributed by atoms with Crippen LogP contribution in [0.3, 0.4) is 0 Å². The Kier molecular flexibility index (Phi) is 7.69. The highest BCUT2D eigenvalue weighted by Gasteiger charge is 2.05. The molecule has 0 saturated carbocycles. The van der Waals surface area contributed by atoms with Crippen molar-refractivity contribution in [1.82, 2.24) is 5.32 Å². The fourth-order valence-electron chi connectivity index (χ4n) is 1.87. The summed E-state index contributed by atoms with van der Waals surface area (Å²) in [7, 11) is 0. The van der Waals surface area contributed by atoms with Crippen molar-refractivity contribution in [1.29, 1.82) is 5.26 Å². The van der Waals surface area contributed by atoms with E-state index in [-0.39, 0.29) is 6.04 Å². The molecule has 104 valence electrons. The maximum Gasteiger partial charge on any atom is 0.119 e. The molecule has 0 aliphatic carbocycles. The van der Waals surface area contributed by atoms with Crippen molar-refractivity contribution >= 4 is 0 Å². The molecule has 1 aromatic carbocycles. The fraction of sp³-hybridized carbons (Fsp3) is 0.562. The van der Waals surface area contributed by atoms with Crippen molar-refractivity contribution in [3.63, 3.8) is 0 Å². The summed E-state index contributed by atoms with van der Waals surface area (Å²) in [5.74, 6) is 0.882. The number of nitriles is 1. The third kappa shape index (κ3) is 6.26. The average Bonchev–Trinajstić information content (AvgIpc) is 2.44. The lowest BCUT2D eigenvalue weighted by Gasteiger charge is -2.11. The van der Waals surface area contributed by atoms with Gasteiger partial charge in [0.25, 0.3) is 0 Å². The van der Waals surface area contributed by atoms with Crippen molar-refractivity contribution in [2.75, 3.05) is 13.2 Å². The Balaban J connectivity index is 2.30. The lowest BCUT2D eigenvalue weighted by molar-refractivity contribution is 0.298. The van der Waals surface area contributed by atoms with Crippen LogP contribution in [0, 0.1) is 11.3 Å². The minimum Gasteiger partial charge on any atom is -0.493 e. The third-order valence-electron chi connectivity index (χ3n) is 2.93. The SMILES string of the molecule is CCCNC(C#N)CCOc1ccc(CCC)cc1. The molecule has 1 N–H and O–H groups in total. The zero-order chi connectivity index (χ0) is 13.9. The van der Waals surface area contributed by atoms with Crippen LogP contribution in [0.4, 0.5) is 0 Å². The van der Waals surface area contributed by atoms with E-state index >= 15 is 0 Å². The summed E-state index contributed by atoms with van der Waals surface area (Å²) >= 11 is 0. The standard InChI is InChI=1S/C16H24N2O/c1-3-5-14-6-8-16(9-7-14)19-12-10-15(13-17)18-11-4-2/h6-9,15,18H,3-5,10-12H2,1-2H3. The Morgan fingerprint density at radius 3 is 2.53 bits per heavy atom. The molecule has 1 aromatic rings. The Morgan fingerprint density at radius 1 is 1.21 bits per heavy atom. The molecule has 0 aliphatic rings. The first-order valence-electron chi connectivity index (χ1n) is 7.14. The predicted octanol–water partition coefficient (Wildman–Crippen LogP) is 3.30. The number of hydrogen-bond donors (Lipinski definition) is 1.